The van der Waals surface area contributed by atoms with Crippen molar-refractivity contribution in [3.63, 3.8) is 0 Å². The number of hydrogen-bond donors (Lipinski definition) is 0. The quantitative estimate of drug-likeness (QED) is 0.791. The van der Waals surface area contributed by atoms with Crippen molar-refractivity contribution in [3.8, 4) is 0 Å². The predicted octanol–water partition coefficient (Wildman–Crippen LogP) is 4.06. The van der Waals surface area contributed by atoms with E-state index in [0.29, 0.717) is 5.92 Å². The summed E-state index contributed by atoms with van der Waals surface area (Å²) in [6.07, 6.45) is 7.99. The molecular formula is C17H24O3S. The third kappa shape index (κ3) is 3.49. The normalized spacial score (nSPS) is 29.9. The van der Waals surface area contributed by atoms with Crippen molar-refractivity contribution >= 4 is 10.1 Å². The van der Waals surface area contributed by atoms with Crippen LogP contribution in [0.2, 0.25) is 0 Å². The van der Waals surface area contributed by atoms with Crippen molar-refractivity contribution in [2.75, 3.05) is 0 Å². The van der Waals surface area contributed by atoms with Crippen LogP contribution in [0.4, 0.5) is 0 Å². The van der Waals surface area contributed by atoms with Crippen molar-refractivity contribution in [3.05, 3.63) is 29.8 Å². The van der Waals surface area contributed by atoms with Crippen LogP contribution in [0.1, 0.15) is 50.5 Å². The van der Waals surface area contributed by atoms with E-state index in [4.69, 9.17) is 4.18 Å². The van der Waals surface area contributed by atoms with E-state index in [9.17, 15) is 8.42 Å². The number of aryl methyl sites for hydroxylation is 1. The van der Waals surface area contributed by atoms with Crippen molar-refractivity contribution < 1.29 is 12.6 Å². The van der Waals surface area contributed by atoms with E-state index in [1.165, 1.54) is 25.7 Å². The van der Waals surface area contributed by atoms with Gasteiger partial charge in [-0.15, -0.1) is 0 Å². The maximum absolute atomic E-state index is 12.3. The first-order valence-electron chi connectivity index (χ1n) is 8.04. The van der Waals surface area contributed by atoms with Crippen LogP contribution in [0, 0.1) is 18.8 Å². The zero-order valence-electron chi connectivity index (χ0n) is 12.6. The van der Waals surface area contributed by atoms with Crippen LogP contribution in [0.15, 0.2) is 29.2 Å². The fourth-order valence-corrected chi connectivity index (χ4v) is 4.97. The first-order chi connectivity index (χ1) is 10.0. The topological polar surface area (TPSA) is 43.4 Å². The first kappa shape index (κ1) is 15.0. The molecule has 3 rings (SSSR count). The minimum atomic E-state index is -3.61. The Kier molecular flexibility index (Phi) is 4.36. The third-order valence-electron chi connectivity index (χ3n) is 5.06. The maximum atomic E-state index is 12.3. The number of benzene rings is 1. The molecule has 0 spiro atoms. The molecule has 1 aromatic carbocycles. The fourth-order valence-electron chi connectivity index (χ4n) is 3.86. The van der Waals surface area contributed by atoms with Crippen LogP contribution in [-0.2, 0) is 14.3 Å². The second kappa shape index (κ2) is 6.09. The Hall–Kier alpha value is -0.870. The Morgan fingerprint density at radius 2 is 1.62 bits per heavy atom. The zero-order valence-corrected chi connectivity index (χ0v) is 13.4. The molecular weight excluding hydrogens is 284 g/mol. The van der Waals surface area contributed by atoms with Crippen LogP contribution < -0.4 is 0 Å². The summed E-state index contributed by atoms with van der Waals surface area (Å²) in [4.78, 5) is 0.277. The molecule has 2 saturated carbocycles. The number of hydrogen-bond acceptors (Lipinski definition) is 3. The highest BCUT2D eigenvalue weighted by molar-refractivity contribution is 7.86. The highest BCUT2D eigenvalue weighted by Crippen LogP contribution is 2.41. The molecule has 116 valence electrons. The van der Waals surface area contributed by atoms with Crippen molar-refractivity contribution in [1.29, 1.82) is 0 Å². The second-order valence-electron chi connectivity index (χ2n) is 6.60. The van der Waals surface area contributed by atoms with Gasteiger partial charge in [0.05, 0.1) is 11.0 Å². The van der Waals surface area contributed by atoms with Gasteiger partial charge in [0.2, 0.25) is 0 Å². The van der Waals surface area contributed by atoms with Gasteiger partial charge in [0.15, 0.2) is 0 Å². The Labute approximate surface area is 127 Å². The highest BCUT2D eigenvalue weighted by Gasteiger charge is 2.34. The average Bonchev–Trinajstić information content (AvgIpc) is 2.47. The lowest BCUT2D eigenvalue weighted by atomic mass is 9.70. The third-order valence-corrected chi connectivity index (χ3v) is 6.44. The molecule has 0 aromatic heterocycles. The lowest BCUT2D eigenvalue weighted by molar-refractivity contribution is 0.0688. The molecule has 3 atom stereocenters. The summed E-state index contributed by atoms with van der Waals surface area (Å²) in [5, 5.41) is 0. The fraction of sp³-hybridized carbons (Fsp3) is 0.647. The number of fused-ring (bicyclic) bond motifs is 1. The Balaban J connectivity index is 1.67. The molecule has 2 fully saturated rings. The molecule has 0 radical (unpaired) electrons. The molecule has 2 aliphatic carbocycles. The van der Waals surface area contributed by atoms with Gasteiger partial charge in [-0.05, 0) is 50.2 Å². The minimum Gasteiger partial charge on any atom is -0.263 e. The van der Waals surface area contributed by atoms with Crippen LogP contribution in [0.3, 0.4) is 0 Å². The summed E-state index contributed by atoms with van der Waals surface area (Å²) >= 11 is 0. The Bertz CT molecular complexity index is 577. The molecule has 0 heterocycles. The van der Waals surface area contributed by atoms with Crippen molar-refractivity contribution in [1.82, 2.24) is 0 Å². The van der Waals surface area contributed by atoms with Gasteiger partial charge in [0.25, 0.3) is 10.1 Å². The molecule has 2 aliphatic rings. The molecule has 0 amide bonds. The van der Waals surface area contributed by atoms with Gasteiger partial charge in [0, 0.05) is 0 Å². The van der Waals surface area contributed by atoms with Gasteiger partial charge < -0.3 is 0 Å². The van der Waals surface area contributed by atoms with Crippen LogP contribution in [0.5, 0.6) is 0 Å². The van der Waals surface area contributed by atoms with Crippen LogP contribution >= 0.6 is 0 Å². The highest BCUT2D eigenvalue weighted by atomic mass is 32.2. The van der Waals surface area contributed by atoms with E-state index >= 15 is 0 Å². The molecule has 0 aliphatic heterocycles. The van der Waals surface area contributed by atoms with E-state index in [2.05, 4.69) is 0 Å². The van der Waals surface area contributed by atoms with Crippen molar-refractivity contribution in [2.45, 2.75) is 62.9 Å². The Morgan fingerprint density at radius 1 is 0.952 bits per heavy atom. The number of rotatable bonds is 3. The summed E-state index contributed by atoms with van der Waals surface area (Å²) in [5.74, 6) is 1.48. The smallest absolute Gasteiger partial charge is 0.263 e. The molecule has 0 bridgehead atoms. The second-order valence-corrected chi connectivity index (χ2v) is 8.18. The van der Waals surface area contributed by atoms with E-state index in [1.54, 1.807) is 12.1 Å². The van der Waals surface area contributed by atoms with Gasteiger partial charge in [0.1, 0.15) is 0 Å². The van der Waals surface area contributed by atoms with Crippen LogP contribution in [0.25, 0.3) is 0 Å². The molecule has 3 nitrogen and oxygen atoms in total. The maximum Gasteiger partial charge on any atom is 0.297 e. The largest absolute Gasteiger partial charge is 0.297 e. The monoisotopic (exact) mass is 308 g/mol. The van der Waals surface area contributed by atoms with Crippen molar-refractivity contribution in [2.24, 2.45) is 11.8 Å². The SMILES string of the molecule is Cc1ccc(S(=O)(=O)O[C@@H]2CC[C@@H]3CCCC[C@H]3C2)cc1. The van der Waals surface area contributed by atoms with Gasteiger partial charge in [-0.1, -0.05) is 43.4 Å². The Morgan fingerprint density at radius 3 is 2.33 bits per heavy atom. The summed E-state index contributed by atoms with van der Waals surface area (Å²) in [6, 6.07) is 6.90. The molecule has 0 saturated heterocycles. The van der Waals surface area contributed by atoms with Crippen LogP contribution in [-0.4, -0.2) is 14.5 Å². The lowest BCUT2D eigenvalue weighted by Crippen LogP contribution is -2.33. The minimum absolute atomic E-state index is 0.129. The van der Waals surface area contributed by atoms with E-state index in [-0.39, 0.29) is 11.0 Å². The van der Waals surface area contributed by atoms with E-state index < -0.39 is 10.1 Å². The zero-order chi connectivity index (χ0) is 14.9. The summed E-state index contributed by atoms with van der Waals surface area (Å²) in [6.45, 7) is 1.95. The molecule has 0 unspecified atom stereocenters. The van der Waals surface area contributed by atoms with Gasteiger partial charge in [-0.2, -0.15) is 8.42 Å². The first-order valence-corrected chi connectivity index (χ1v) is 9.45. The molecule has 4 heteroatoms. The molecule has 21 heavy (non-hydrogen) atoms. The average molecular weight is 308 g/mol. The lowest BCUT2D eigenvalue weighted by Gasteiger charge is -2.38. The predicted molar refractivity (Wildman–Crippen MR) is 82.5 cm³/mol. The summed E-state index contributed by atoms with van der Waals surface area (Å²) in [5.41, 5.74) is 1.05. The standard InChI is InChI=1S/C17H24O3S/c1-13-6-10-17(11-7-13)21(18,19)20-16-9-8-14-4-2-3-5-15(14)12-16/h6-7,10-11,14-16H,2-5,8-9,12H2,1H3/t14-,15-,16+/m0/s1. The van der Waals surface area contributed by atoms with E-state index in [1.807, 2.05) is 19.1 Å². The molecule has 0 N–H and O–H groups in total. The summed E-state index contributed by atoms with van der Waals surface area (Å²) < 4.78 is 30.2. The van der Waals surface area contributed by atoms with E-state index in [0.717, 1.165) is 30.7 Å². The summed E-state index contributed by atoms with van der Waals surface area (Å²) in [7, 11) is -3.61. The molecule has 1 aromatic rings. The van der Waals surface area contributed by atoms with Gasteiger partial charge in [-0.25, -0.2) is 0 Å². The van der Waals surface area contributed by atoms with Gasteiger partial charge >= 0.3 is 0 Å². The van der Waals surface area contributed by atoms with Gasteiger partial charge in [-0.3, -0.25) is 4.18 Å².